The molecule has 1 aliphatic rings. The fraction of sp³-hybridized carbons (Fsp3) is 0.182. The monoisotopic (exact) mass is 278 g/mol. The van der Waals surface area contributed by atoms with Gasteiger partial charge in [0.1, 0.15) is 0 Å². The van der Waals surface area contributed by atoms with E-state index in [9.17, 15) is 14.7 Å². The van der Waals surface area contributed by atoms with Crippen molar-refractivity contribution in [1.29, 1.82) is 0 Å². The molecule has 98 valence electrons. The predicted molar refractivity (Wildman–Crippen MR) is 68.0 cm³/mol. The normalized spacial score (nSPS) is 17.4. The van der Waals surface area contributed by atoms with Gasteiger partial charge in [-0.1, -0.05) is 6.07 Å². The first-order valence-electron chi connectivity index (χ1n) is 5.48. The highest BCUT2D eigenvalue weighted by Crippen LogP contribution is 2.35. The number of carbonyl (C=O) groups excluding carboxylic acids is 1. The van der Waals surface area contributed by atoms with Crippen molar-refractivity contribution in [2.24, 2.45) is 7.05 Å². The van der Waals surface area contributed by atoms with Gasteiger partial charge in [0.05, 0.1) is 0 Å². The molecule has 3 rings (SSSR count). The second-order valence-electron chi connectivity index (χ2n) is 4.11. The topological polar surface area (TPSA) is 100 Å². The van der Waals surface area contributed by atoms with Gasteiger partial charge in [-0.15, -0.1) is 5.10 Å². The molecule has 2 aromatic rings. The number of aliphatic hydroxyl groups is 1. The third-order valence-corrected chi connectivity index (χ3v) is 3.91. The number of hydrogen-bond donors (Lipinski definition) is 3. The van der Waals surface area contributed by atoms with Gasteiger partial charge in [-0.2, -0.15) is 0 Å². The van der Waals surface area contributed by atoms with Crippen molar-refractivity contribution in [2.45, 2.75) is 16.2 Å². The summed E-state index contributed by atoms with van der Waals surface area (Å²) in [6.07, 6.45) is -1.11. The first-order valence-corrected chi connectivity index (χ1v) is 6.30. The van der Waals surface area contributed by atoms with Crippen LogP contribution in [0.3, 0.4) is 0 Å². The summed E-state index contributed by atoms with van der Waals surface area (Å²) in [5.74, 6) is -0.427. The van der Waals surface area contributed by atoms with Crippen LogP contribution in [0.4, 0.5) is 5.69 Å². The van der Waals surface area contributed by atoms with Crippen molar-refractivity contribution >= 4 is 23.4 Å². The van der Waals surface area contributed by atoms with E-state index in [1.54, 1.807) is 25.2 Å². The summed E-state index contributed by atoms with van der Waals surface area (Å²) in [6, 6.07) is 5.20. The number of aromatic amines is 1. The Balaban J connectivity index is 1.92. The lowest BCUT2D eigenvalue weighted by Gasteiger charge is -2.04. The summed E-state index contributed by atoms with van der Waals surface area (Å²) in [4.78, 5) is 23.4. The molecule has 1 aromatic heterocycles. The Morgan fingerprint density at radius 1 is 1.42 bits per heavy atom. The van der Waals surface area contributed by atoms with E-state index in [-0.39, 0.29) is 5.69 Å². The smallest absolute Gasteiger partial charge is 0.343 e. The number of benzene rings is 1. The molecule has 0 saturated heterocycles. The molecule has 8 heteroatoms. The van der Waals surface area contributed by atoms with Crippen LogP contribution >= 0.6 is 11.8 Å². The summed E-state index contributed by atoms with van der Waals surface area (Å²) in [6.45, 7) is 0. The van der Waals surface area contributed by atoms with Crippen LogP contribution in [0.2, 0.25) is 0 Å². The first-order chi connectivity index (χ1) is 9.06. The van der Waals surface area contributed by atoms with Gasteiger partial charge in [-0.3, -0.25) is 9.36 Å². The van der Waals surface area contributed by atoms with E-state index in [1.807, 2.05) is 0 Å². The van der Waals surface area contributed by atoms with Gasteiger partial charge in [0, 0.05) is 23.2 Å². The molecular formula is C11H10N4O3S. The Bertz CT molecular complexity index is 721. The van der Waals surface area contributed by atoms with Crippen molar-refractivity contribution < 1.29 is 9.90 Å². The molecule has 1 amide bonds. The van der Waals surface area contributed by atoms with Gasteiger partial charge in [0.2, 0.25) is 0 Å². The largest absolute Gasteiger partial charge is 0.378 e. The molecule has 1 unspecified atom stereocenters. The zero-order valence-corrected chi connectivity index (χ0v) is 10.7. The van der Waals surface area contributed by atoms with E-state index in [4.69, 9.17) is 0 Å². The van der Waals surface area contributed by atoms with Crippen molar-refractivity contribution in [3.8, 4) is 0 Å². The number of anilines is 1. The van der Waals surface area contributed by atoms with E-state index in [0.29, 0.717) is 16.4 Å². The summed E-state index contributed by atoms with van der Waals surface area (Å²) in [5.41, 5.74) is 0.862. The summed E-state index contributed by atoms with van der Waals surface area (Å²) >= 11 is 1.29. The standard InChI is InChI=1S/C11H10N4O3S/c1-15-10(18)13-14-11(15)19-5-2-3-6-7(4-5)12-9(17)8(6)16/h2-4,8,16H,1H3,(H,12,17)(H,13,18). The Kier molecular flexibility index (Phi) is 2.68. The lowest BCUT2D eigenvalue weighted by atomic mass is 10.1. The molecule has 0 radical (unpaired) electrons. The Morgan fingerprint density at radius 3 is 2.89 bits per heavy atom. The summed E-state index contributed by atoms with van der Waals surface area (Å²) in [7, 11) is 1.62. The zero-order valence-electron chi connectivity index (χ0n) is 9.88. The van der Waals surface area contributed by atoms with E-state index in [0.717, 1.165) is 4.90 Å². The molecule has 1 aliphatic heterocycles. The molecule has 0 saturated carbocycles. The number of H-pyrrole nitrogens is 1. The van der Waals surface area contributed by atoms with Crippen LogP contribution in [0.5, 0.6) is 0 Å². The zero-order chi connectivity index (χ0) is 13.6. The predicted octanol–water partition coefficient (Wildman–Crippen LogP) is 0.245. The van der Waals surface area contributed by atoms with E-state index in [2.05, 4.69) is 15.5 Å². The number of carbonyl (C=O) groups is 1. The molecule has 19 heavy (non-hydrogen) atoms. The summed E-state index contributed by atoms with van der Waals surface area (Å²) in [5, 5.41) is 18.9. The highest BCUT2D eigenvalue weighted by atomic mass is 32.2. The van der Waals surface area contributed by atoms with Crippen LogP contribution < -0.4 is 11.0 Å². The Hall–Kier alpha value is -2.06. The van der Waals surface area contributed by atoms with Crippen LogP contribution in [0, 0.1) is 0 Å². The molecule has 0 spiro atoms. The first kappa shape index (κ1) is 12.0. The van der Waals surface area contributed by atoms with Crippen molar-refractivity contribution in [3.63, 3.8) is 0 Å². The highest BCUT2D eigenvalue weighted by molar-refractivity contribution is 7.99. The number of nitrogens with zero attached hydrogens (tertiary/aromatic N) is 2. The maximum Gasteiger partial charge on any atom is 0.343 e. The lowest BCUT2D eigenvalue weighted by Crippen LogP contribution is -2.12. The molecule has 3 N–H and O–H groups in total. The van der Waals surface area contributed by atoms with Crippen molar-refractivity contribution in [1.82, 2.24) is 14.8 Å². The molecule has 7 nitrogen and oxygen atoms in total. The van der Waals surface area contributed by atoms with E-state index in [1.165, 1.54) is 16.3 Å². The molecule has 0 fully saturated rings. The van der Waals surface area contributed by atoms with Crippen LogP contribution in [-0.2, 0) is 11.8 Å². The molecule has 2 heterocycles. The minimum Gasteiger partial charge on any atom is -0.378 e. The molecule has 1 atom stereocenters. The number of rotatable bonds is 2. The quantitative estimate of drug-likeness (QED) is 0.731. The Labute approximate surface area is 111 Å². The number of aromatic nitrogens is 3. The van der Waals surface area contributed by atoms with Crippen LogP contribution in [0.15, 0.2) is 33.0 Å². The maximum absolute atomic E-state index is 11.3. The number of hydrogen-bond acceptors (Lipinski definition) is 5. The van der Waals surface area contributed by atoms with E-state index >= 15 is 0 Å². The van der Waals surface area contributed by atoms with Crippen LogP contribution in [0.25, 0.3) is 0 Å². The minimum atomic E-state index is -1.11. The van der Waals surface area contributed by atoms with Gasteiger partial charge in [-0.05, 0) is 23.9 Å². The fourth-order valence-corrected chi connectivity index (χ4v) is 2.65. The molecule has 1 aromatic carbocycles. The van der Waals surface area contributed by atoms with Crippen molar-refractivity contribution in [2.75, 3.05) is 5.32 Å². The maximum atomic E-state index is 11.3. The average molecular weight is 278 g/mol. The van der Waals surface area contributed by atoms with Gasteiger partial charge in [-0.25, -0.2) is 9.89 Å². The van der Waals surface area contributed by atoms with Gasteiger partial charge < -0.3 is 10.4 Å². The molecule has 0 aliphatic carbocycles. The lowest BCUT2D eigenvalue weighted by molar-refractivity contribution is -0.123. The molecular weight excluding hydrogens is 268 g/mol. The number of amides is 1. The second kappa shape index (κ2) is 4.25. The van der Waals surface area contributed by atoms with Gasteiger partial charge in [0.15, 0.2) is 11.3 Å². The number of nitrogens with one attached hydrogen (secondary N) is 2. The third kappa shape index (κ3) is 1.94. The van der Waals surface area contributed by atoms with E-state index < -0.39 is 12.0 Å². The molecule has 0 bridgehead atoms. The van der Waals surface area contributed by atoms with Gasteiger partial charge in [0.25, 0.3) is 5.91 Å². The second-order valence-corrected chi connectivity index (χ2v) is 5.15. The summed E-state index contributed by atoms with van der Waals surface area (Å²) < 4.78 is 1.39. The fourth-order valence-electron chi connectivity index (χ4n) is 1.82. The van der Waals surface area contributed by atoms with Crippen LogP contribution in [-0.4, -0.2) is 25.8 Å². The number of aliphatic hydroxyl groups excluding tert-OH is 1. The number of fused-ring (bicyclic) bond motifs is 1. The van der Waals surface area contributed by atoms with Crippen molar-refractivity contribution in [3.05, 3.63) is 34.2 Å². The van der Waals surface area contributed by atoms with Gasteiger partial charge >= 0.3 is 5.69 Å². The van der Waals surface area contributed by atoms with Crippen LogP contribution in [0.1, 0.15) is 11.7 Å². The Morgan fingerprint density at radius 2 is 2.21 bits per heavy atom. The SMILES string of the molecule is Cn1c(Sc2ccc3c(c2)NC(=O)C3O)n[nH]c1=O. The average Bonchev–Trinajstić information content (AvgIpc) is 2.84. The minimum absolute atomic E-state index is 0.285. The third-order valence-electron chi connectivity index (χ3n) is 2.87. The highest BCUT2D eigenvalue weighted by Gasteiger charge is 2.28.